The molecule has 2 aliphatic heterocycles. The molecule has 36 heavy (non-hydrogen) atoms. The van der Waals surface area contributed by atoms with Crippen LogP contribution in [0.3, 0.4) is 0 Å². The molecule has 1 fully saturated rings. The van der Waals surface area contributed by atoms with E-state index in [0.29, 0.717) is 25.1 Å². The van der Waals surface area contributed by atoms with Crippen LogP contribution in [0.2, 0.25) is 0 Å². The minimum Gasteiger partial charge on any atom is -0.341 e. The van der Waals surface area contributed by atoms with E-state index in [2.05, 4.69) is 5.32 Å². The molecule has 2 aliphatic rings. The predicted molar refractivity (Wildman–Crippen MR) is 137 cm³/mol. The van der Waals surface area contributed by atoms with Gasteiger partial charge in [0.2, 0.25) is 11.8 Å². The van der Waals surface area contributed by atoms with Crippen LogP contribution in [0.5, 0.6) is 0 Å². The van der Waals surface area contributed by atoms with Crippen molar-refractivity contribution >= 4 is 23.5 Å². The highest BCUT2D eigenvalue weighted by molar-refractivity contribution is 5.97. The summed E-state index contributed by atoms with van der Waals surface area (Å²) in [7, 11) is 0. The quantitative estimate of drug-likeness (QED) is 0.578. The van der Waals surface area contributed by atoms with Gasteiger partial charge in [0.25, 0.3) is 5.91 Å². The van der Waals surface area contributed by atoms with Gasteiger partial charge in [-0.15, -0.1) is 0 Å². The van der Waals surface area contributed by atoms with E-state index in [0.717, 1.165) is 55.0 Å². The second-order valence-corrected chi connectivity index (χ2v) is 9.48. The lowest BCUT2D eigenvalue weighted by Gasteiger charge is -2.29. The molecular weight excluding hydrogens is 454 g/mol. The third-order valence-corrected chi connectivity index (χ3v) is 6.89. The van der Waals surface area contributed by atoms with Crippen LogP contribution >= 0.6 is 0 Å². The molecule has 5 rings (SSSR count). The fourth-order valence-corrected chi connectivity index (χ4v) is 4.85. The van der Waals surface area contributed by atoms with Crippen molar-refractivity contribution in [3.8, 4) is 11.3 Å². The zero-order chi connectivity index (χ0) is 25.1. The van der Waals surface area contributed by atoms with E-state index in [1.165, 1.54) is 0 Å². The van der Waals surface area contributed by atoms with Crippen molar-refractivity contribution in [1.29, 1.82) is 0 Å². The molecular formula is C28H31N5O3. The van der Waals surface area contributed by atoms with Crippen LogP contribution in [-0.2, 0) is 22.7 Å². The van der Waals surface area contributed by atoms with Crippen LogP contribution in [0.1, 0.15) is 48.5 Å². The number of aromatic nitrogens is 2. The summed E-state index contributed by atoms with van der Waals surface area (Å²) < 4.78 is 1.88. The Morgan fingerprint density at radius 1 is 0.972 bits per heavy atom. The molecule has 1 atom stereocenters. The number of rotatable bonds is 6. The SMILES string of the molecule is C[C@H](NC(=O)c1ccc(CN2C(=O)CCn3nc(-c4ccccc4)cc32)cc1)C(=O)N1CCCCC1. The maximum absolute atomic E-state index is 12.8. The number of carbonyl (C=O) groups excluding carboxylic acids is 3. The van der Waals surface area contributed by atoms with Crippen LogP contribution in [0.4, 0.5) is 5.82 Å². The number of nitrogens with one attached hydrogen (secondary N) is 1. The number of anilines is 1. The molecule has 8 heteroatoms. The first-order valence-corrected chi connectivity index (χ1v) is 12.6. The Labute approximate surface area is 210 Å². The first-order valence-electron chi connectivity index (χ1n) is 12.6. The monoisotopic (exact) mass is 485 g/mol. The summed E-state index contributed by atoms with van der Waals surface area (Å²) in [5.41, 5.74) is 3.24. The number of benzene rings is 2. The number of nitrogens with zero attached hydrogens (tertiary/aromatic N) is 4. The van der Waals surface area contributed by atoms with Gasteiger partial charge in [0.1, 0.15) is 11.9 Å². The fraction of sp³-hybridized carbons (Fsp3) is 0.357. The second-order valence-electron chi connectivity index (χ2n) is 9.48. The second kappa shape index (κ2) is 10.4. The molecule has 186 valence electrons. The molecule has 0 bridgehead atoms. The lowest BCUT2D eigenvalue weighted by molar-refractivity contribution is -0.133. The van der Waals surface area contributed by atoms with Crippen LogP contribution in [-0.4, -0.2) is 51.5 Å². The fourth-order valence-electron chi connectivity index (χ4n) is 4.85. The molecule has 3 heterocycles. The lowest BCUT2D eigenvalue weighted by Crippen LogP contribution is -2.48. The normalized spacial score (nSPS) is 16.4. The van der Waals surface area contributed by atoms with Crippen molar-refractivity contribution in [3.05, 3.63) is 71.8 Å². The highest BCUT2D eigenvalue weighted by Crippen LogP contribution is 2.29. The van der Waals surface area contributed by atoms with Crippen LogP contribution in [0.15, 0.2) is 60.7 Å². The van der Waals surface area contributed by atoms with Crippen molar-refractivity contribution in [2.45, 2.75) is 51.7 Å². The topological polar surface area (TPSA) is 87.5 Å². The molecule has 3 aromatic rings. The van der Waals surface area contributed by atoms with E-state index < -0.39 is 6.04 Å². The number of carbonyl (C=O) groups is 3. The highest BCUT2D eigenvalue weighted by Gasteiger charge is 2.27. The summed E-state index contributed by atoms with van der Waals surface area (Å²) in [6.07, 6.45) is 3.58. The number of hydrogen-bond acceptors (Lipinski definition) is 4. The summed E-state index contributed by atoms with van der Waals surface area (Å²) in [6.45, 7) is 4.21. The van der Waals surface area contributed by atoms with Crippen LogP contribution in [0.25, 0.3) is 11.3 Å². The Hall–Kier alpha value is -3.94. The average Bonchev–Trinajstić information content (AvgIpc) is 3.36. The molecule has 8 nitrogen and oxygen atoms in total. The lowest BCUT2D eigenvalue weighted by atomic mass is 10.1. The van der Waals surface area contributed by atoms with E-state index in [1.54, 1.807) is 24.0 Å². The molecule has 2 aromatic carbocycles. The minimum absolute atomic E-state index is 0.0326. The van der Waals surface area contributed by atoms with Gasteiger partial charge in [-0.25, -0.2) is 4.68 Å². The van der Waals surface area contributed by atoms with Crippen molar-refractivity contribution in [2.75, 3.05) is 18.0 Å². The van der Waals surface area contributed by atoms with Gasteiger partial charge in [0.15, 0.2) is 0 Å². The van der Waals surface area contributed by atoms with Gasteiger partial charge in [0.05, 0.1) is 18.8 Å². The summed E-state index contributed by atoms with van der Waals surface area (Å²) in [5.74, 6) is 0.514. The number of hydrogen-bond donors (Lipinski definition) is 1. The molecule has 1 aromatic heterocycles. The zero-order valence-electron chi connectivity index (χ0n) is 20.5. The average molecular weight is 486 g/mol. The maximum Gasteiger partial charge on any atom is 0.251 e. The molecule has 3 amide bonds. The first kappa shape index (κ1) is 23.8. The summed E-state index contributed by atoms with van der Waals surface area (Å²) >= 11 is 0. The third kappa shape index (κ3) is 5.03. The number of likely N-dealkylation sites (tertiary alicyclic amines) is 1. The van der Waals surface area contributed by atoms with E-state index >= 15 is 0 Å². The van der Waals surface area contributed by atoms with Gasteiger partial charge in [-0.05, 0) is 43.9 Å². The molecule has 0 radical (unpaired) electrons. The van der Waals surface area contributed by atoms with Gasteiger partial charge in [-0.3, -0.25) is 19.3 Å². The van der Waals surface area contributed by atoms with Gasteiger partial charge in [-0.1, -0.05) is 42.5 Å². The van der Waals surface area contributed by atoms with E-state index in [1.807, 2.05) is 58.1 Å². The largest absolute Gasteiger partial charge is 0.341 e. The molecule has 1 saturated heterocycles. The molecule has 0 unspecified atom stereocenters. The Bertz CT molecular complexity index is 1250. The van der Waals surface area contributed by atoms with Gasteiger partial charge >= 0.3 is 0 Å². The molecule has 0 spiro atoms. The minimum atomic E-state index is -0.569. The Kier molecular flexibility index (Phi) is 6.84. The molecule has 1 N–H and O–H groups in total. The van der Waals surface area contributed by atoms with Gasteiger partial charge in [0, 0.05) is 36.7 Å². The van der Waals surface area contributed by atoms with Gasteiger partial charge < -0.3 is 10.2 Å². The standard InChI is InChI=1S/C28H31N5O3/c1-20(28(36)31-15-6-3-7-16-31)29-27(35)23-12-10-21(11-13-23)19-32-25-18-24(22-8-4-2-5-9-22)30-33(25)17-14-26(32)34/h2,4-5,8-13,18,20H,3,6-7,14-17,19H2,1H3,(H,29,35)/t20-/m0/s1. The number of amides is 3. The smallest absolute Gasteiger partial charge is 0.251 e. The van der Waals surface area contributed by atoms with Crippen molar-refractivity contribution < 1.29 is 14.4 Å². The van der Waals surface area contributed by atoms with Gasteiger partial charge in [-0.2, -0.15) is 5.10 Å². The molecule has 0 saturated carbocycles. The Morgan fingerprint density at radius 2 is 1.69 bits per heavy atom. The van der Waals surface area contributed by atoms with Crippen LogP contribution < -0.4 is 10.2 Å². The first-order chi connectivity index (χ1) is 17.5. The Balaban J connectivity index is 1.25. The summed E-state index contributed by atoms with van der Waals surface area (Å²) in [5, 5.41) is 7.53. The summed E-state index contributed by atoms with van der Waals surface area (Å²) in [4.78, 5) is 41.7. The number of aryl methyl sites for hydroxylation is 1. The van der Waals surface area contributed by atoms with Crippen molar-refractivity contribution in [2.24, 2.45) is 0 Å². The van der Waals surface area contributed by atoms with E-state index in [9.17, 15) is 14.4 Å². The number of fused-ring (bicyclic) bond motifs is 1. The maximum atomic E-state index is 12.8. The van der Waals surface area contributed by atoms with Crippen LogP contribution in [0, 0.1) is 0 Å². The van der Waals surface area contributed by atoms with E-state index in [4.69, 9.17) is 5.10 Å². The van der Waals surface area contributed by atoms with Crippen molar-refractivity contribution in [1.82, 2.24) is 20.0 Å². The predicted octanol–water partition coefficient (Wildman–Crippen LogP) is 3.62. The Morgan fingerprint density at radius 3 is 2.42 bits per heavy atom. The van der Waals surface area contributed by atoms with E-state index in [-0.39, 0.29) is 17.7 Å². The summed E-state index contributed by atoms with van der Waals surface area (Å²) in [6, 6.07) is 18.5. The van der Waals surface area contributed by atoms with Crippen molar-refractivity contribution in [3.63, 3.8) is 0 Å². The molecule has 0 aliphatic carbocycles. The number of piperidine rings is 1. The third-order valence-electron chi connectivity index (χ3n) is 6.89. The zero-order valence-corrected chi connectivity index (χ0v) is 20.5. The highest BCUT2D eigenvalue weighted by atomic mass is 16.2.